The fraction of sp³-hybridized carbons (Fsp3) is 0.375. The molecule has 0 spiro atoms. The van der Waals surface area contributed by atoms with Crippen LogP contribution in [0.5, 0.6) is 0 Å². The van der Waals surface area contributed by atoms with Crippen molar-refractivity contribution in [3.05, 3.63) is 36.0 Å². The largest absolute Gasteiger partial charge is 0.330 e. The lowest BCUT2D eigenvalue weighted by atomic mass is 10.0. The maximum atomic E-state index is 12.1. The summed E-state index contributed by atoms with van der Waals surface area (Å²) in [5.74, 6) is 0.252. The van der Waals surface area contributed by atoms with Crippen molar-refractivity contribution in [2.24, 2.45) is 11.7 Å². The highest BCUT2D eigenvalue weighted by Gasteiger charge is 2.12. The number of aryl methyl sites for hydroxylation is 1. The standard InChI is InChI=1S/C16H21N3O/c1-3-12(10-17)9-16(20)19-15-8-11(2)18-14-7-5-4-6-13(14)15/h4-8,12H,3,9-10,17H2,1-2H3,(H,18,19,20). The molecule has 1 atom stereocenters. The van der Waals surface area contributed by atoms with Crippen LogP contribution in [0.15, 0.2) is 30.3 Å². The van der Waals surface area contributed by atoms with Crippen LogP contribution in [-0.2, 0) is 4.79 Å². The number of hydrogen-bond acceptors (Lipinski definition) is 3. The Bertz CT molecular complexity index is 606. The van der Waals surface area contributed by atoms with Crippen LogP contribution in [-0.4, -0.2) is 17.4 Å². The summed E-state index contributed by atoms with van der Waals surface area (Å²) < 4.78 is 0. The number of benzene rings is 1. The van der Waals surface area contributed by atoms with Crippen LogP contribution in [0.4, 0.5) is 5.69 Å². The van der Waals surface area contributed by atoms with Crippen molar-refractivity contribution >= 4 is 22.5 Å². The molecule has 3 N–H and O–H groups in total. The van der Waals surface area contributed by atoms with Crippen LogP contribution in [0, 0.1) is 12.8 Å². The number of nitrogens with zero attached hydrogens (tertiary/aromatic N) is 1. The molecule has 1 amide bonds. The van der Waals surface area contributed by atoms with E-state index in [0.29, 0.717) is 13.0 Å². The zero-order chi connectivity index (χ0) is 14.5. The predicted octanol–water partition coefficient (Wildman–Crippen LogP) is 2.86. The first kappa shape index (κ1) is 14.5. The summed E-state index contributed by atoms with van der Waals surface area (Å²) in [6.07, 6.45) is 1.38. The summed E-state index contributed by atoms with van der Waals surface area (Å²) >= 11 is 0. The lowest BCUT2D eigenvalue weighted by Gasteiger charge is -2.13. The first-order valence-electron chi connectivity index (χ1n) is 7.00. The van der Waals surface area contributed by atoms with Crippen molar-refractivity contribution in [1.82, 2.24) is 4.98 Å². The molecule has 0 bridgehead atoms. The second kappa shape index (κ2) is 6.48. The molecule has 4 heteroatoms. The average molecular weight is 271 g/mol. The molecule has 1 aromatic carbocycles. The van der Waals surface area contributed by atoms with Gasteiger partial charge in [0.2, 0.25) is 5.91 Å². The Hall–Kier alpha value is -1.94. The number of fused-ring (bicyclic) bond motifs is 1. The summed E-state index contributed by atoms with van der Waals surface area (Å²) in [6, 6.07) is 9.72. The van der Waals surface area contributed by atoms with Gasteiger partial charge in [-0.2, -0.15) is 0 Å². The number of aromatic nitrogens is 1. The highest BCUT2D eigenvalue weighted by atomic mass is 16.1. The van der Waals surface area contributed by atoms with Gasteiger partial charge >= 0.3 is 0 Å². The average Bonchev–Trinajstić information content (AvgIpc) is 2.44. The van der Waals surface area contributed by atoms with E-state index >= 15 is 0 Å². The van der Waals surface area contributed by atoms with Gasteiger partial charge in [0.15, 0.2) is 0 Å². The quantitative estimate of drug-likeness (QED) is 0.878. The van der Waals surface area contributed by atoms with Gasteiger partial charge in [-0.1, -0.05) is 31.5 Å². The molecule has 2 rings (SSSR count). The fourth-order valence-electron chi connectivity index (χ4n) is 2.27. The van der Waals surface area contributed by atoms with Crippen molar-refractivity contribution in [2.75, 3.05) is 11.9 Å². The molecule has 1 unspecified atom stereocenters. The maximum Gasteiger partial charge on any atom is 0.224 e. The number of nitrogens with two attached hydrogens (primary N) is 1. The third-order valence-corrected chi connectivity index (χ3v) is 3.50. The Labute approximate surface area is 119 Å². The van der Waals surface area contributed by atoms with E-state index in [2.05, 4.69) is 17.2 Å². The molecule has 0 saturated carbocycles. The Morgan fingerprint density at radius 1 is 1.40 bits per heavy atom. The van der Waals surface area contributed by atoms with E-state index in [1.807, 2.05) is 37.3 Å². The van der Waals surface area contributed by atoms with Crippen molar-refractivity contribution in [2.45, 2.75) is 26.7 Å². The van der Waals surface area contributed by atoms with Gasteiger partial charge in [-0.25, -0.2) is 0 Å². The summed E-state index contributed by atoms with van der Waals surface area (Å²) in [6.45, 7) is 4.52. The third-order valence-electron chi connectivity index (χ3n) is 3.50. The summed E-state index contributed by atoms with van der Waals surface area (Å²) in [5.41, 5.74) is 8.26. The zero-order valence-electron chi connectivity index (χ0n) is 12.0. The molecule has 2 aromatic rings. The van der Waals surface area contributed by atoms with Crippen molar-refractivity contribution in [1.29, 1.82) is 0 Å². The van der Waals surface area contributed by atoms with E-state index in [1.165, 1.54) is 0 Å². The van der Waals surface area contributed by atoms with E-state index in [0.717, 1.165) is 28.7 Å². The smallest absolute Gasteiger partial charge is 0.224 e. The lowest BCUT2D eigenvalue weighted by Crippen LogP contribution is -2.21. The van der Waals surface area contributed by atoms with Gasteiger partial charge < -0.3 is 11.1 Å². The lowest BCUT2D eigenvalue weighted by molar-refractivity contribution is -0.117. The van der Waals surface area contributed by atoms with E-state index < -0.39 is 0 Å². The molecular weight excluding hydrogens is 250 g/mol. The SMILES string of the molecule is CCC(CN)CC(=O)Nc1cc(C)nc2ccccc12. The number of amides is 1. The van der Waals surface area contributed by atoms with Gasteiger partial charge in [-0.3, -0.25) is 9.78 Å². The van der Waals surface area contributed by atoms with Gasteiger partial charge in [0.1, 0.15) is 0 Å². The molecule has 0 aliphatic rings. The summed E-state index contributed by atoms with van der Waals surface area (Å²) in [4.78, 5) is 16.6. The molecule has 0 aliphatic carbocycles. The molecule has 4 nitrogen and oxygen atoms in total. The molecule has 20 heavy (non-hydrogen) atoms. The summed E-state index contributed by atoms with van der Waals surface area (Å²) in [7, 11) is 0. The van der Waals surface area contributed by atoms with Crippen molar-refractivity contribution < 1.29 is 4.79 Å². The van der Waals surface area contributed by atoms with Crippen LogP contribution in [0.2, 0.25) is 0 Å². The van der Waals surface area contributed by atoms with Crippen LogP contribution in [0.3, 0.4) is 0 Å². The van der Waals surface area contributed by atoms with Gasteiger partial charge in [-0.15, -0.1) is 0 Å². The van der Waals surface area contributed by atoms with Crippen LogP contribution in [0.25, 0.3) is 10.9 Å². The minimum atomic E-state index is 0.0121. The van der Waals surface area contributed by atoms with Gasteiger partial charge in [0.05, 0.1) is 11.2 Å². The monoisotopic (exact) mass is 271 g/mol. The minimum Gasteiger partial charge on any atom is -0.330 e. The fourth-order valence-corrected chi connectivity index (χ4v) is 2.27. The molecule has 0 aliphatic heterocycles. The van der Waals surface area contributed by atoms with Gasteiger partial charge in [0, 0.05) is 17.5 Å². The van der Waals surface area contributed by atoms with Crippen LogP contribution >= 0.6 is 0 Å². The molecule has 1 aromatic heterocycles. The number of para-hydroxylation sites is 1. The first-order valence-corrected chi connectivity index (χ1v) is 7.00. The highest BCUT2D eigenvalue weighted by Crippen LogP contribution is 2.23. The van der Waals surface area contributed by atoms with E-state index in [9.17, 15) is 4.79 Å². The van der Waals surface area contributed by atoms with Gasteiger partial charge in [-0.05, 0) is 31.5 Å². The Morgan fingerprint density at radius 3 is 2.85 bits per heavy atom. The normalized spacial score (nSPS) is 12.3. The van der Waals surface area contributed by atoms with Crippen molar-refractivity contribution in [3.8, 4) is 0 Å². The zero-order valence-corrected chi connectivity index (χ0v) is 12.0. The topological polar surface area (TPSA) is 68.0 Å². The van der Waals surface area contributed by atoms with E-state index in [-0.39, 0.29) is 11.8 Å². The second-order valence-corrected chi connectivity index (χ2v) is 5.09. The number of rotatable bonds is 5. The first-order chi connectivity index (χ1) is 9.63. The molecular formula is C16H21N3O. The van der Waals surface area contributed by atoms with E-state index in [4.69, 9.17) is 5.73 Å². The molecule has 0 saturated heterocycles. The van der Waals surface area contributed by atoms with Crippen LogP contribution in [0.1, 0.15) is 25.5 Å². The van der Waals surface area contributed by atoms with Crippen LogP contribution < -0.4 is 11.1 Å². The maximum absolute atomic E-state index is 12.1. The molecule has 106 valence electrons. The minimum absolute atomic E-state index is 0.0121. The third kappa shape index (κ3) is 3.33. The number of anilines is 1. The molecule has 1 heterocycles. The Kier molecular flexibility index (Phi) is 4.69. The second-order valence-electron chi connectivity index (χ2n) is 5.09. The molecule has 0 radical (unpaired) electrons. The van der Waals surface area contributed by atoms with Crippen molar-refractivity contribution in [3.63, 3.8) is 0 Å². The van der Waals surface area contributed by atoms with Gasteiger partial charge in [0.25, 0.3) is 0 Å². The number of carbonyl (C=O) groups excluding carboxylic acids is 1. The number of hydrogen-bond donors (Lipinski definition) is 2. The highest BCUT2D eigenvalue weighted by molar-refractivity contribution is 6.01. The predicted molar refractivity (Wildman–Crippen MR) is 82.6 cm³/mol. The number of nitrogens with one attached hydrogen (secondary N) is 1. The molecule has 0 fully saturated rings. The Morgan fingerprint density at radius 2 is 2.15 bits per heavy atom. The Balaban J connectivity index is 2.23. The number of pyridine rings is 1. The summed E-state index contributed by atoms with van der Waals surface area (Å²) in [5, 5.41) is 3.96. The number of carbonyl (C=O) groups is 1. The van der Waals surface area contributed by atoms with E-state index in [1.54, 1.807) is 0 Å².